The molecule has 0 unspecified atom stereocenters. The minimum atomic E-state index is -3.49. The lowest BCUT2D eigenvalue weighted by molar-refractivity contribution is 0.384. The number of hydrogen-bond acceptors (Lipinski definition) is 5. The van der Waals surface area contributed by atoms with Crippen molar-refractivity contribution >= 4 is 31.8 Å². The molecule has 1 saturated heterocycles. The molecule has 0 N–H and O–H groups in total. The molecule has 2 aromatic carbocycles. The molecule has 4 rings (SSSR count). The van der Waals surface area contributed by atoms with E-state index in [0.717, 1.165) is 21.5 Å². The van der Waals surface area contributed by atoms with Gasteiger partial charge in [0.1, 0.15) is 12.1 Å². The number of halogens is 1. The first-order chi connectivity index (χ1) is 13.9. The van der Waals surface area contributed by atoms with Crippen LogP contribution in [0, 0.1) is 6.92 Å². The van der Waals surface area contributed by atoms with Gasteiger partial charge in [-0.25, -0.2) is 18.4 Å². The lowest BCUT2D eigenvalue weighted by atomic mass is 10.1. The van der Waals surface area contributed by atoms with Gasteiger partial charge in [0.2, 0.25) is 10.0 Å². The molecular formula is C21H21BrN4O2S. The maximum absolute atomic E-state index is 12.9. The van der Waals surface area contributed by atoms with E-state index in [1.54, 1.807) is 30.6 Å². The van der Waals surface area contributed by atoms with Crippen LogP contribution in [-0.2, 0) is 10.0 Å². The van der Waals surface area contributed by atoms with Gasteiger partial charge in [0.05, 0.1) is 10.6 Å². The summed E-state index contributed by atoms with van der Waals surface area (Å²) in [6.07, 6.45) is 1.57. The van der Waals surface area contributed by atoms with E-state index in [1.165, 1.54) is 9.87 Å². The van der Waals surface area contributed by atoms with E-state index in [9.17, 15) is 8.42 Å². The Morgan fingerprint density at radius 3 is 2.34 bits per heavy atom. The van der Waals surface area contributed by atoms with Crippen molar-refractivity contribution in [2.45, 2.75) is 11.8 Å². The van der Waals surface area contributed by atoms with E-state index in [4.69, 9.17) is 0 Å². The summed E-state index contributed by atoms with van der Waals surface area (Å²) >= 11 is 3.34. The molecule has 1 aromatic heterocycles. The molecule has 29 heavy (non-hydrogen) atoms. The number of anilines is 1. The van der Waals surface area contributed by atoms with Gasteiger partial charge in [-0.15, -0.1) is 0 Å². The number of piperazine rings is 1. The maximum atomic E-state index is 12.9. The number of rotatable bonds is 4. The van der Waals surface area contributed by atoms with Crippen molar-refractivity contribution in [2.75, 3.05) is 31.1 Å². The summed E-state index contributed by atoms with van der Waals surface area (Å²) in [5.74, 6) is 0.817. The van der Waals surface area contributed by atoms with Crippen LogP contribution in [0.15, 0.2) is 70.3 Å². The van der Waals surface area contributed by atoms with Crippen LogP contribution < -0.4 is 4.90 Å². The molecule has 2 heterocycles. The third-order valence-electron chi connectivity index (χ3n) is 4.98. The van der Waals surface area contributed by atoms with Gasteiger partial charge < -0.3 is 4.90 Å². The molecule has 0 amide bonds. The smallest absolute Gasteiger partial charge is 0.243 e. The summed E-state index contributed by atoms with van der Waals surface area (Å²) < 4.78 is 28.2. The first kappa shape index (κ1) is 20.0. The second kappa shape index (κ2) is 8.22. The SMILES string of the molecule is Cc1cccc(-c2cc(N3CCN(S(=O)(=O)c4ccc(Br)cc4)CC3)ncn2)c1. The number of sulfonamides is 1. The first-order valence-electron chi connectivity index (χ1n) is 9.33. The van der Waals surface area contributed by atoms with Crippen molar-refractivity contribution < 1.29 is 8.42 Å². The molecule has 0 atom stereocenters. The third-order valence-corrected chi connectivity index (χ3v) is 7.42. The van der Waals surface area contributed by atoms with Crippen LogP contribution in [0.25, 0.3) is 11.3 Å². The maximum Gasteiger partial charge on any atom is 0.243 e. The Balaban J connectivity index is 1.49. The Kier molecular flexibility index (Phi) is 5.67. The zero-order valence-corrected chi connectivity index (χ0v) is 18.4. The van der Waals surface area contributed by atoms with Crippen molar-refractivity contribution in [3.8, 4) is 11.3 Å². The van der Waals surface area contributed by atoms with Crippen LogP contribution >= 0.6 is 15.9 Å². The molecule has 1 aliphatic rings. The van der Waals surface area contributed by atoms with Gasteiger partial charge in [-0.1, -0.05) is 39.7 Å². The van der Waals surface area contributed by atoms with Crippen molar-refractivity contribution in [1.29, 1.82) is 0 Å². The standard InChI is InChI=1S/C21H21BrN4O2S/c1-16-3-2-4-17(13-16)20-14-21(24-15-23-20)25-9-11-26(12-10-25)29(27,28)19-7-5-18(22)6-8-19/h2-8,13-15H,9-12H2,1H3. The van der Waals surface area contributed by atoms with Gasteiger partial charge in [0.25, 0.3) is 0 Å². The summed E-state index contributed by atoms with van der Waals surface area (Å²) in [5, 5.41) is 0. The summed E-state index contributed by atoms with van der Waals surface area (Å²) in [4.78, 5) is 11.2. The van der Waals surface area contributed by atoms with E-state index >= 15 is 0 Å². The Labute approximate surface area is 179 Å². The van der Waals surface area contributed by atoms with Gasteiger partial charge in [0.15, 0.2) is 0 Å². The zero-order valence-electron chi connectivity index (χ0n) is 16.0. The monoisotopic (exact) mass is 472 g/mol. The zero-order chi connectivity index (χ0) is 20.4. The Morgan fingerprint density at radius 2 is 1.66 bits per heavy atom. The van der Waals surface area contributed by atoms with Crippen molar-refractivity contribution in [3.05, 3.63) is 71.0 Å². The topological polar surface area (TPSA) is 66.4 Å². The molecule has 6 nitrogen and oxygen atoms in total. The van der Waals surface area contributed by atoms with Crippen molar-refractivity contribution in [3.63, 3.8) is 0 Å². The third kappa shape index (κ3) is 4.34. The van der Waals surface area contributed by atoms with Gasteiger partial charge in [-0.3, -0.25) is 0 Å². The molecule has 1 aliphatic heterocycles. The van der Waals surface area contributed by atoms with Crippen LogP contribution in [-0.4, -0.2) is 48.9 Å². The molecular weight excluding hydrogens is 452 g/mol. The molecule has 150 valence electrons. The molecule has 0 aliphatic carbocycles. The van der Waals surface area contributed by atoms with Gasteiger partial charge in [-0.05, 0) is 37.3 Å². The predicted octanol–water partition coefficient (Wildman–Crippen LogP) is 3.73. The fraction of sp³-hybridized carbons (Fsp3) is 0.238. The average molecular weight is 473 g/mol. The normalized spacial score (nSPS) is 15.4. The van der Waals surface area contributed by atoms with Gasteiger partial charge in [0, 0.05) is 42.3 Å². The molecule has 3 aromatic rings. The quantitative estimate of drug-likeness (QED) is 0.578. The van der Waals surface area contributed by atoms with E-state index in [2.05, 4.69) is 49.9 Å². The largest absolute Gasteiger partial charge is 0.354 e. The second-order valence-corrected chi connectivity index (χ2v) is 9.83. The molecule has 0 radical (unpaired) electrons. The molecule has 1 fully saturated rings. The van der Waals surface area contributed by atoms with Crippen molar-refractivity contribution in [1.82, 2.24) is 14.3 Å². The van der Waals surface area contributed by atoms with Crippen LogP contribution in [0.2, 0.25) is 0 Å². The average Bonchev–Trinajstić information content (AvgIpc) is 2.74. The second-order valence-electron chi connectivity index (χ2n) is 6.98. The number of hydrogen-bond donors (Lipinski definition) is 0. The summed E-state index contributed by atoms with van der Waals surface area (Å²) in [6, 6.07) is 16.9. The molecule has 0 spiro atoms. The fourth-order valence-corrected chi connectivity index (χ4v) is 5.08. The van der Waals surface area contributed by atoms with Crippen LogP contribution in [0.3, 0.4) is 0 Å². The lowest BCUT2D eigenvalue weighted by Crippen LogP contribution is -2.48. The van der Waals surface area contributed by atoms with Crippen molar-refractivity contribution in [2.24, 2.45) is 0 Å². The Bertz CT molecular complexity index is 1110. The van der Waals surface area contributed by atoms with E-state index < -0.39 is 10.0 Å². The van der Waals surface area contributed by atoms with Crippen LogP contribution in [0.4, 0.5) is 5.82 Å². The fourth-order valence-electron chi connectivity index (χ4n) is 3.40. The van der Waals surface area contributed by atoms with E-state index in [-0.39, 0.29) is 0 Å². The molecule has 8 heteroatoms. The summed E-state index contributed by atoms with van der Waals surface area (Å²) in [7, 11) is -3.49. The van der Waals surface area contributed by atoms with Gasteiger partial charge in [-0.2, -0.15) is 4.31 Å². The minimum Gasteiger partial charge on any atom is -0.354 e. The highest BCUT2D eigenvalue weighted by atomic mass is 79.9. The lowest BCUT2D eigenvalue weighted by Gasteiger charge is -2.34. The number of benzene rings is 2. The minimum absolute atomic E-state index is 0.318. The Morgan fingerprint density at radius 1 is 0.931 bits per heavy atom. The molecule has 0 saturated carbocycles. The highest BCUT2D eigenvalue weighted by Gasteiger charge is 2.29. The number of nitrogens with zero attached hydrogens (tertiary/aromatic N) is 4. The van der Waals surface area contributed by atoms with Gasteiger partial charge >= 0.3 is 0 Å². The Hall–Kier alpha value is -2.29. The van der Waals surface area contributed by atoms with E-state index in [0.29, 0.717) is 31.1 Å². The summed E-state index contributed by atoms with van der Waals surface area (Å²) in [5.41, 5.74) is 3.09. The van der Waals surface area contributed by atoms with Crippen LogP contribution in [0.1, 0.15) is 5.56 Å². The summed E-state index contributed by atoms with van der Waals surface area (Å²) in [6.45, 7) is 4.06. The number of aryl methyl sites for hydroxylation is 1. The van der Waals surface area contributed by atoms with Crippen LogP contribution in [0.5, 0.6) is 0 Å². The molecule has 0 bridgehead atoms. The van der Waals surface area contributed by atoms with E-state index in [1.807, 2.05) is 18.2 Å². The highest BCUT2D eigenvalue weighted by Crippen LogP contribution is 2.24. The first-order valence-corrected chi connectivity index (χ1v) is 11.6. The number of aromatic nitrogens is 2. The highest BCUT2D eigenvalue weighted by molar-refractivity contribution is 9.10. The predicted molar refractivity (Wildman–Crippen MR) is 117 cm³/mol.